The highest BCUT2D eigenvalue weighted by atomic mass is 16.5. The lowest BCUT2D eigenvalue weighted by molar-refractivity contribution is -0.112. The number of fused-ring (bicyclic) bond motifs is 2. The summed E-state index contributed by atoms with van der Waals surface area (Å²) >= 11 is 0. The van der Waals surface area contributed by atoms with Crippen molar-refractivity contribution in [2.45, 2.75) is 53.8 Å². The van der Waals surface area contributed by atoms with Crippen LogP contribution in [0, 0.1) is 20.8 Å². The van der Waals surface area contributed by atoms with Crippen molar-refractivity contribution >= 4 is 56.6 Å². The Morgan fingerprint density at radius 3 is 1.80 bits per heavy atom. The number of H-pyrrole nitrogens is 1. The lowest BCUT2D eigenvalue weighted by Crippen LogP contribution is -2.44. The van der Waals surface area contributed by atoms with Gasteiger partial charge in [0.2, 0.25) is 11.8 Å². The quantitative estimate of drug-likeness (QED) is 0.0701. The highest BCUT2D eigenvalue weighted by Crippen LogP contribution is 2.47. The summed E-state index contributed by atoms with van der Waals surface area (Å²) in [5, 5.41) is 17.7. The molecule has 17 nitrogen and oxygen atoms in total. The Kier molecular flexibility index (Phi) is 16.3. The van der Waals surface area contributed by atoms with E-state index < -0.39 is 0 Å². The van der Waals surface area contributed by atoms with Gasteiger partial charge in [-0.2, -0.15) is 10.2 Å². The Morgan fingerprint density at radius 2 is 1.18 bits per heavy atom. The summed E-state index contributed by atoms with van der Waals surface area (Å²) in [7, 11) is 6.04. The van der Waals surface area contributed by atoms with E-state index in [4.69, 9.17) is 24.9 Å². The number of piperazine rings is 2. The first-order valence-electron chi connectivity index (χ1n) is 30.0. The third-order valence-corrected chi connectivity index (χ3v) is 17.5. The zero-order chi connectivity index (χ0) is 60.6. The van der Waals surface area contributed by atoms with E-state index in [2.05, 4.69) is 180 Å². The van der Waals surface area contributed by atoms with E-state index >= 15 is 0 Å². The monoisotopic (exact) mass is 1160 g/mol. The van der Waals surface area contributed by atoms with E-state index in [0.29, 0.717) is 31.1 Å². The molecule has 2 fully saturated rings. The summed E-state index contributed by atoms with van der Waals surface area (Å²) in [5.41, 5.74) is 20.2. The molecular weight excluding hydrogens is 1080 g/mol. The van der Waals surface area contributed by atoms with Crippen LogP contribution < -0.4 is 20.4 Å². The topological polar surface area (TPSA) is 163 Å². The minimum Gasteiger partial charge on any atom is -0.383 e. The van der Waals surface area contributed by atoms with Crippen LogP contribution in [0.15, 0.2) is 147 Å². The van der Waals surface area contributed by atoms with E-state index in [0.717, 1.165) is 169 Å². The second-order valence-electron chi connectivity index (χ2n) is 23.5. The van der Waals surface area contributed by atoms with Crippen molar-refractivity contribution in [2.24, 2.45) is 0 Å². The number of nitrogens with zero attached hydrogens (tertiary/aromatic N) is 11. The summed E-state index contributed by atoms with van der Waals surface area (Å²) in [6.07, 6.45) is 14.4. The summed E-state index contributed by atoms with van der Waals surface area (Å²) < 4.78 is 11.6. The number of benzene rings is 4. The fourth-order valence-electron chi connectivity index (χ4n) is 12.4. The van der Waals surface area contributed by atoms with Gasteiger partial charge in [0, 0.05) is 157 Å². The first kappa shape index (κ1) is 58.0. The van der Waals surface area contributed by atoms with Crippen molar-refractivity contribution in [1.29, 1.82) is 0 Å². The number of carbonyl (C=O) groups is 2. The number of ether oxygens (including phenoxy) is 1. The third kappa shape index (κ3) is 11.5. The number of aryl methyl sites for hydroxylation is 3. The molecule has 2 aliphatic rings. The molecule has 10 aromatic rings. The number of methoxy groups -OCH3 is 1. The van der Waals surface area contributed by atoms with Gasteiger partial charge in [-0.3, -0.25) is 19.0 Å². The van der Waals surface area contributed by atoms with Gasteiger partial charge in [0.1, 0.15) is 11.3 Å². The zero-order valence-electron chi connectivity index (χ0n) is 51.1. The van der Waals surface area contributed by atoms with Crippen LogP contribution in [0.5, 0.6) is 0 Å². The molecule has 17 heteroatoms. The molecular formula is C70H76N14O3. The predicted octanol–water partition coefficient (Wildman–Crippen LogP) is 12.3. The molecule has 87 heavy (non-hydrogen) atoms. The Labute approximate surface area is 508 Å². The Morgan fingerprint density at radius 1 is 0.632 bits per heavy atom. The van der Waals surface area contributed by atoms with Crippen LogP contribution in [0.3, 0.4) is 0 Å². The number of nitrogens with one attached hydrogen (secondary N) is 3. The Balaban J connectivity index is 1.07. The largest absolute Gasteiger partial charge is 0.383 e. The highest BCUT2D eigenvalue weighted by molar-refractivity contribution is 6.10. The summed E-state index contributed by atoms with van der Waals surface area (Å²) in [4.78, 5) is 51.0. The number of hydrogen-bond donors (Lipinski definition) is 3. The summed E-state index contributed by atoms with van der Waals surface area (Å²) in [6, 6.07) is 30.5. The molecule has 444 valence electrons. The molecule has 3 N–H and O–H groups in total. The van der Waals surface area contributed by atoms with Crippen LogP contribution in [0.1, 0.15) is 42.1 Å². The van der Waals surface area contributed by atoms with Gasteiger partial charge in [-0.1, -0.05) is 61.7 Å². The molecule has 2 aliphatic heterocycles. The highest BCUT2D eigenvalue weighted by Gasteiger charge is 2.28. The van der Waals surface area contributed by atoms with Gasteiger partial charge >= 0.3 is 0 Å². The van der Waals surface area contributed by atoms with E-state index in [1.165, 1.54) is 17.8 Å². The van der Waals surface area contributed by atoms with Crippen molar-refractivity contribution < 1.29 is 14.3 Å². The molecule has 12 rings (SSSR count). The van der Waals surface area contributed by atoms with Crippen molar-refractivity contribution in [1.82, 2.24) is 48.9 Å². The standard InChI is InChI=1S/C70H76N14O3/c1-11-61(85)75-59-35-51(14-13-45(59)5)66-64-47(7)58(53-37-73-82(41-53)33-34-87-10)40-72-70(64)83(68(66)49-19-23-56(24-20-49)81-31-27-79(9)28-32-81)42-52-16-15-50(36-60(52)76-62(86)12-2)65-63-46(6)57(54-38-74-84(43-54)44(3)4)39-71-69(63)77-67(65)48-17-21-55(22-18-48)80-29-25-78(8)26-30-80/h11-24,35-41,43-44H,1-2,25-34,42H2,3-10H3,(H,71,77)(H,75,85)(H,76,86). The van der Waals surface area contributed by atoms with Gasteiger partial charge in [-0.05, 0) is 142 Å². The van der Waals surface area contributed by atoms with Gasteiger partial charge in [-0.25, -0.2) is 9.97 Å². The predicted molar refractivity (Wildman–Crippen MR) is 353 cm³/mol. The summed E-state index contributed by atoms with van der Waals surface area (Å²) in [5.74, 6) is -0.643. The molecule has 0 bridgehead atoms. The van der Waals surface area contributed by atoms with Gasteiger partial charge in [0.05, 0.1) is 43.5 Å². The van der Waals surface area contributed by atoms with Crippen LogP contribution in [0.2, 0.25) is 0 Å². The molecule has 2 amide bonds. The van der Waals surface area contributed by atoms with Crippen LogP contribution in [-0.4, -0.2) is 141 Å². The van der Waals surface area contributed by atoms with E-state index in [-0.39, 0.29) is 17.9 Å². The van der Waals surface area contributed by atoms with Crippen molar-refractivity contribution in [3.8, 4) is 67.0 Å². The Bertz CT molecular complexity index is 4220. The molecule has 0 unspecified atom stereocenters. The maximum atomic E-state index is 13.9. The smallest absolute Gasteiger partial charge is 0.247 e. The average Bonchev–Trinajstić information content (AvgIpc) is 1.62. The second kappa shape index (κ2) is 24.5. The minimum atomic E-state index is -0.342. The number of rotatable bonds is 18. The fourth-order valence-corrected chi connectivity index (χ4v) is 12.4. The SMILES string of the molecule is C=CC(=O)Nc1cc(-c2c(-c3ccc(N4CCN(C)CC4)cc3)n(Cc3ccc(-c4c(-c5ccc(N6CCN(C)CC6)cc5)[nH]c5ncc(-c6cnn(C(C)C)c6)c(C)c45)cc3NC(=O)C=C)c3ncc(-c4cnn(CCOC)c4)c(C)c23)ccc1C. The number of likely N-dealkylation sites (N-methyl/N-ethyl adjacent to an activating group) is 2. The summed E-state index contributed by atoms with van der Waals surface area (Å²) in [6.45, 7) is 27.4. The van der Waals surface area contributed by atoms with Crippen molar-refractivity contribution in [2.75, 3.05) is 101 Å². The first-order valence-corrected chi connectivity index (χ1v) is 30.0. The minimum absolute atomic E-state index is 0.188. The van der Waals surface area contributed by atoms with Crippen LogP contribution in [0.25, 0.3) is 89.1 Å². The van der Waals surface area contributed by atoms with Gasteiger partial charge in [-0.15, -0.1) is 0 Å². The van der Waals surface area contributed by atoms with E-state index in [1.807, 2.05) is 53.3 Å². The fraction of sp³-hybridized carbons (Fsp3) is 0.286. The normalized spacial score (nSPS) is 14.2. The number of aromatic nitrogens is 8. The number of carbonyl (C=O) groups excluding carboxylic acids is 2. The Hall–Kier alpha value is -9.42. The lowest BCUT2D eigenvalue weighted by atomic mass is 9.93. The van der Waals surface area contributed by atoms with Crippen molar-refractivity contribution in [3.05, 3.63) is 170 Å². The van der Waals surface area contributed by atoms with Crippen LogP contribution >= 0.6 is 0 Å². The maximum Gasteiger partial charge on any atom is 0.247 e. The first-order chi connectivity index (χ1) is 42.2. The second-order valence-corrected chi connectivity index (χ2v) is 23.5. The maximum absolute atomic E-state index is 13.9. The van der Waals surface area contributed by atoms with Gasteiger partial charge in [0.15, 0.2) is 0 Å². The molecule has 2 saturated heterocycles. The zero-order valence-corrected chi connectivity index (χ0v) is 51.1. The molecule has 8 heterocycles. The molecule has 0 saturated carbocycles. The van der Waals surface area contributed by atoms with Gasteiger partial charge < -0.3 is 44.5 Å². The van der Waals surface area contributed by atoms with Crippen LogP contribution in [0.4, 0.5) is 22.7 Å². The lowest BCUT2D eigenvalue weighted by Gasteiger charge is -2.34. The van der Waals surface area contributed by atoms with E-state index in [1.54, 1.807) is 7.11 Å². The van der Waals surface area contributed by atoms with Gasteiger partial charge in [0.25, 0.3) is 0 Å². The molecule has 6 aromatic heterocycles. The van der Waals surface area contributed by atoms with Crippen LogP contribution in [-0.2, 0) is 27.4 Å². The number of pyridine rings is 2. The third-order valence-electron chi connectivity index (χ3n) is 17.5. The number of hydrogen-bond acceptors (Lipinski definition) is 11. The number of aromatic amines is 1. The average molecular weight is 1160 g/mol. The molecule has 0 atom stereocenters. The number of anilines is 4. The van der Waals surface area contributed by atoms with Crippen molar-refractivity contribution in [3.63, 3.8) is 0 Å². The molecule has 4 aromatic carbocycles. The molecule has 0 radical (unpaired) electrons. The molecule has 0 aliphatic carbocycles. The molecule has 0 spiro atoms. The number of amides is 2. The van der Waals surface area contributed by atoms with E-state index in [9.17, 15) is 9.59 Å².